The van der Waals surface area contributed by atoms with Gasteiger partial charge in [-0.25, -0.2) is 0 Å². The van der Waals surface area contributed by atoms with E-state index < -0.39 is 0 Å². The zero-order valence-corrected chi connectivity index (χ0v) is 9.81. The number of carbonyl (C=O) groups excluding carboxylic acids is 1. The molecule has 1 heterocycles. The second-order valence-electron chi connectivity index (χ2n) is 2.73. The highest BCUT2D eigenvalue weighted by molar-refractivity contribution is 7.99. The zero-order chi connectivity index (χ0) is 10.9. The lowest BCUT2D eigenvalue weighted by molar-refractivity contribution is 0.0960. The van der Waals surface area contributed by atoms with E-state index >= 15 is 0 Å². The number of aliphatic hydroxyl groups excluding tert-OH is 1. The number of hydrogen-bond acceptors (Lipinski definition) is 6. The summed E-state index contributed by atoms with van der Waals surface area (Å²) in [6.07, 6.45) is 2.26. The third-order valence-electron chi connectivity index (χ3n) is 1.56. The molecule has 5 nitrogen and oxygen atoms in total. The number of aliphatic hydroxyl groups is 1. The summed E-state index contributed by atoms with van der Waals surface area (Å²) in [6.45, 7) is 0.860. The van der Waals surface area contributed by atoms with E-state index in [0.717, 1.165) is 29.5 Å². The lowest BCUT2D eigenvalue weighted by atomic mass is 10.5. The van der Waals surface area contributed by atoms with Gasteiger partial charge in [-0.3, -0.25) is 4.79 Å². The van der Waals surface area contributed by atoms with Gasteiger partial charge in [0.1, 0.15) is 4.88 Å². The molecule has 1 rings (SSSR count). The van der Waals surface area contributed by atoms with E-state index in [4.69, 9.17) is 5.11 Å². The van der Waals surface area contributed by atoms with Crippen LogP contribution in [0.15, 0.2) is 6.20 Å². The zero-order valence-electron chi connectivity index (χ0n) is 8.18. The monoisotopic (exact) mass is 247 g/mol. The van der Waals surface area contributed by atoms with E-state index in [1.165, 1.54) is 6.20 Å². The SMILES string of the molecule is O=C(NCCSCCCO)c1cnns1. The summed E-state index contributed by atoms with van der Waals surface area (Å²) < 4.78 is 3.61. The minimum Gasteiger partial charge on any atom is -0.396 e. The Kier molecular flexibility index (Phi) is 6.29. The Morgan fingerprint density at radius 2 is 2.47 bits per heavy atom. The molecular formula is C8H13N3O2S2. The highest BCUT2D eigenvalue weighted by Gasteiger charge is 2.06. The summed E-state index contributed by atoms with van der Waals surface area (Å²) in [5.41, 5.74) is 0. The summed E-state index contributed by atoms with van der Waals surface area (Å²) in [7, 11) is 0. The average molecular weight is 247 g/mol. The predicted octanol–water partition coefficient (Wildman–Crippen LogP) is 0.384. The second-order valence-corrected chi connectivity index (χ2v) is 4.74. The van der Waals surface area contributed by atoms with E-state index in [0.29, 0.717) is 11.4 Å². The molecule has 0 saturated carbocycles. The molecule has 1 aromatic heterocycles. The van der Waals surface area contributed by atoms with Crippen molar-refractivity contribution in [2.24, 2.45) is 0 Å². The summed E-state index contributed by atoms with van der Waals surface area (Å²) in [4.78, 5) is 11.9. The van der Waals surface area contributed by atoms with Gasteiger partial charge in [-0.2, -0.15) is 11.8 Å². The molecule has 0 unspecified atom stereocenters. The number of nitrogens with zero attached hydrogens (tertiary/aromatic N) is 2. The number of rotatable bonds is 7. The van der Waals surface area contributed by atoms with Crippen molar-refractivity contribution >= 4 is 29.2 Å². The van der Waals surface area contributed by atoms with Crippen LogP contribution >= 0.6 is 23.3 Å². The van der Waals surface area contributed by atoms with Crippen LogP contribution in [0.2, 0.25) is 0 Å². The summed E-state index contributed by atoms with van der Waals surface area (Å²) in [5, 5.41) is 14.9. The molecule has 0 aliphatic heterocycles. The molecule has 1 aromatic rings. The van der Waals surface area contributed by atoms with E-state index in [9.17, 15) is 4.79 Å². The average Bonchev–Trinajstić information content (AvgIpc) is 2.76. The Balaban J connectivity index is 2.03. The van der Waals surface area contributed by atoms with Gasteiger partial charge in [0.25, 0.3) is 5.91 Å². The summed E-state index contributed by atoms with van der Waals surface area (Å²) in [5.74, 6) is 1.67. The Morgan fingerprint density at radius 1 is 1.60 bits per heavy atom. The van der Waals surface area contributed by atoms with Gasteiger partial charge in [-0.1, -0.05) is 4.49 Å². The number of amides is 1. The molecule has 7 heteroatoms. The van der Waals surface area contributed by atoms with Gasteiger partial charge in [-0.05, 0) is 23.7 Å². The molecule has 0 saturated heterocycles. The minimum absolute atomic E-state index is 0.118. The molecule has 0 aromatic carbocycles. The van der Waals surface area contributed by atoms with Crippen molar-refractivity contribution < 1.29 is 9.90 Å². The van der Waals surface area contributed by atoms with Gasteiger partial charge in [-0.15, -0.1) is 5.10 Å². The van der Waals surface area contributed by atoms with Gasteiger partial charge in [0.05, 0.1) is 6.20 Å². The van der Waals surface area contributed by atoms with Gasteiger partial charge < -0.3 is 10.4 Å². The van der Waals surface area contributed by atoms with Crippen molar-refractivity contribution in [3.63, 3.8) is 0 Å². The fourth-order valence-electron chi connectivity index (χ4n) is 0.860. The third kappa shape index (κ3) is 5.10. The van der Waals surface area contributed by atoms with Crippen LogP contribution in [0.3, 0.4) is 0 Å². The quantitative estimate of drug-likeness (QED) is 0.681. The van der Waals surface area contributed by atoms with Crippen molar-refractivity contribution in [3.05, 3.63) is 11.1 Å². The molecule has 84 valence electrons. The fourth-order valence-corrected chi connectivity index (χ4v) is 2.08. The maximum Gasteiger partial charge on any atom is 0.264 e. The van der Waals surface area contributed by atoms with E-state index in [1.807, 2.05) is 0 Å². The van der Waals surface area contributed by atoms with Gasteiger partial charge in [0.2, 0.25) is 0 Å². The largest absolute Gasteiger partial charge is 0.396 e. The lowest BCUT2D eigenvalue weighted by Crippen LogP contribution is -2.25. The Labute approximate surface area is 96.4 Å². The molecule has 0 spiro atoms. The molecule has 0 radical (unpaired) electrons. The molecule has 0 bridgehead atoms. The maximum atomic E-state index is 11.4. The minimum atomic E-state index is -0.118. The van der Waals surface area contributed by atoms with Crippen LogP contribution < -0.4 is 5.32 Å². The van der Waals surface area contributed by atoms with E-state index in [-0.39, 0.29) is 12.5 Å². The normalized spacial score (nSPS) is 10.2. The van der Waals surface area contributed by atoms with E-state index in [1.54, 1.807) is 11.8 Å². The van der Waals surface area contributed by atoms with E-state index in [2.05, 4.69) is 14.9 Å². The molecule has 2 N–H and O–H groups in total. The Morgan fingerprint density at radius 3 is 3.13 bits per heavy atom. The molecule has 0 fully saturated rings. The van der Waals surface area contributed by atoms with Crippen molar-refractivity contribution in [1.82, 2.24) is 14.9 Å². The molecule has 0 atom stereocenters. The summed E-state index contributed by atoms with van der Waals surface area (Å²) in [6, 6.07) is 0. The van der Waals surface area contributed by atoms with Crippen LogP contribution in [0.5, 0.6) is 0 Å². The third-order valence-corrected chi connectivity index (χ3v) is 3.30. The number of aromatic nitrogens is 2. The van der Waals surface area contributed by atoms with Gasteiger partial charge in [0, 0.05) is 18.9 Å². The maximum absolute atomic E-state index is 11.4. The molecule has 15 heavy (non-hydrogen) atoms. The van der Waals surface area contributed by atoms with Crippen molar-refractivity contribution in [1.29, 1.82) is 0 Å². The van der Waals surface area contributed by atoms with Crippen molar-refractivity contribution in [2.75, 3.05) is 24.7 Å². The second kappa shape index (κ2) is 7.61. The summed E-state index contributed by atoms with van der Waals surface area (Å²) >= 11 is 2.80. The van der Waals surface area contributed by atoms with Crippen LogP contribution in [0.4, 0.5) is 0 Å². The number of hydrogen-bond donors (Lipinski definition) is 2. The lowest BCUT2D eigenvalue weighted by Gasteiger charge is -2.02. The first-order chi connectivity index (χ1) is 7.34. The molecule has 0 aliphatic carbocycles. The number of thioether (sulfide) groups is 1. The van der Waals surface area contributed by atoms with Crippen LogP contribution in [-0.2, 0) is 0 Å². The number of carbonyl (C=O) groups is 1. The molecule has 0 aliphatic rings. The van der Waals surface area contributed by atoms with Crippen LogP contribution in [0.25, 0.3) is 0 Å². The predicted molar refractivity (Wildman–Crippen MR) is 61.3 cm³/mol. The molecular weight excluding hydrogens is 234 g/mol. The topological polar surface area (TPSA) is 75.1 Å². The van der Waals surface area contributed by atoms with Crippen molar-refractivity contribution in [3.8, 4) is 0 Å². The van der Waals surface area contributed by atoms with Gasteiger partial charge in [0.15, 0.2) is 0 Å². The van der Waals surface area contributed by atoms with Crippen LogP contribution in [0.1, 0.15) is 16.1 Å². The first-order valence-electron chi connectivity index (χ1n) is 4.58. The molecule has 1 amide bonds. The Bertz CT molecular complexity index is 279. The highest BCUT2D eigenvalue weighted by atomic mass is 32.2. The Hall–Kier alpha value is -0.660. The van der Waals surface area contributed by atoms with Gasteiger partial charge >= 0.3 is 0 Å². The van der Waals surface area contributed by atoms with Crippen LogP contribution in [0, 0.1) is 0 Å². The fraction of sp³-hybridized carbons (Fsp3) is 0.625. The van der Waals surface area contributed by atoms with Crippen LogP contribution in [-0.4, -0.2) is 45.3 Å². The number of nitrogens with one attached hydrogen (secondary N) is 1. The van der Waals surface area contributed by atoms with Crippen molar-refractivity contribution in [2.45, 2.75) is 6.42 Å². The highest BCUT2D eigenvalue weighted by Crippen LogP contribution is 2.02. The smallest absolute Gasteiger partial charge is 0.264 e. The first kappa shape index (κ1) is 12.4. The standard InChI is InChI=1S/C8H13N3O2S2/c12-3-1-4-14-5-2-9-8(13)7-6-10-11-15-7/h6,12H,1-5H2,(H,9,13). The first-order valence-corrected chi connectivity index (χ1v) is 6.51.